The molecule has 5 nitrogen and oxygen atoms in total. The van der Waals surface area contributed by atoms with E-state index in [-0.39, 0.29) is 6.54 Å². The number of carbonyl (C=O) groups is 1. The summed E-state index contributed by atoms with van der Waals surface area (Å²) in [7, 11) is 0. The van der Waals surface area contributed by atoms with Crippen LogP contribution < -0.4 is 0 Å². The maximum absolute atomic E-state index is 12.2. The SMILES string of the molecule is C=CCN(C/C(=N/O)c1ccccc1)C(=O)OC(C)(C)C. The van der Waals surface area contributed by atoms with Gasteiger partial charge in [-0.05, 0) is 20.8 Å². The number of nitrogens with zero attached hydrogens (tertiary/aromatic N) is 2. The van der Waals surface area contributed by atoms with E-state index in [0.29, 0.717) is 12.3 Å². The van der Waals surface area contributed by atoms with Gasteiger partial charge in [-0.15, -0.1) is 6.58 Å². The summed E-state index contributed by atoms with van der Waals surface area (Å²) >= 11 is 0. The van der Waals surface area contributed by atoms with Crippen molar-refractivity contribution in [2.24, 2.45) is 5.16 Å². The zero-order valence-electron chi connectivity index (χ0n) is 12.7. The summed E-state index contributed by atoms with van der Waals surface area (Å²) in [5.41, 5.74) is 0.556. The minimum atomic E-state index is -0.584. The quantitative estimate of drug-likeness (QED) is 0.392. The molecule has 0 aliphatic carbocycles. The molecule has 0 radical (unpaired) electrons. The molecule has 0 aromatic heterocycles. The van der Waals surface area contributed by atoms with Gasteiger partial charge in [0.05, 0.1) is 6.54 Å². The van der Waals surface area contributed by atoms with Crippen molar-refractivity contribution in [2.45, 2.75) is 26.4 Å². The second-order valence-corrected chi connectivity index (χ2v) is 5.56. The fourth-order valence-electron chi connectivity index (χ4n) is 1.68. The maximum Gasteiger partial charge on any atom is 0.410 e. The number of ether oxygens (including phenoxy) is 1. The molecule has 1 N–H and O–H groups in total. The fourth-order valence-corrected chi connectivity index (χ4v) is 1.68. The third kappa shape index (κ3) is 5.69. The molecule has 1 amide bonds. The molecular weight excluding hydrogens is 268 g/mol. The monoisotopic (exact) mass is 290 g/mol. The van der Waals surface area contributed by atoms with Gasteiger partial charge in [0.2, 0.25) is 0 Å². The molecule has 0 saturated heterocycles. The van der Waals surface area contributed by atoms with E-state index in [4.69, 9.17) is 4.74 Å². The molecule has 0 saturated carbocycles. The van der Waals surface area contributed by atoms with Gasteiger partial charge in [-0.1, -0.05) is 41.6 Å². The average molecular weight is 290 g/mol. The molecule has 21 heavy (non-hydrogen) atoms. The Labute approximate surface area is 125 Å². The van der Waals surface area contributed by atoms with Crippen molar-refractivity contribution in [1.82, 2.24) is 4.90 Å². The summed E-state index contributed by atoms with van der Waals surface area (Å²) in [6.07, 6.45) is 1.13. The Morgan fingerprint density at radius 3 is 2.48 bits per heavy atom. The Morgan fingerprint density at radius 1 is 1.38 bits per heavy atom. The lowest BCUT2D eigenvalue weighted by atomic mass is 10.1. The number of benzene rings is 1. The Balaban J connectivity index is 2.87. The molecule has 1 rings (SSSR count). The number of carbonyl (C=O) groups excluding carboxylic acids is 1. The molecule has 0 atom stereocenters. The van der Waals surface area contributed by atoms with E-state index in [1.807, 2.05) is 30.3 Å². The Morgan fingerprint density at radius 2 is 2.00 bits per heavy atom. The zero-order valence-corrected chi connectivity index (χ0v) is 12.7. The van der Waals surface area contributed by atoms with Crippen LogP contribution in [0.1, 0.15) is 26.3 Å². The van der Waals surface area contributed by atoms with Crippen molar-refractivity contribution in [3.8, 4) is 0 Å². The first-order valence-corrected chi connectivity index (χ1v) is 6.72. The summed E-state index contributed by atoms with van der Waals surface area (Å²) in [5, 5.41) is 12.5. The van der Waals surface area contributed by atoms with Gasteiger partial charge in [0.15, 0.2) is 0 Å². The van der Waals surface area contributed by atoms with Crippen molar-refractivity contribution in [2.75, 3.05) is 13.1 Å². The van der Waals surface area contributed by atoms with Gasteiger partial charge in [0.1, 0.15) is 11.3 Å². The third-order valence-electron chi connectivity index (χ3n) is 2.57. The molecule has 1 aromatic rings. The van der Waals surface area contributed by atoms with Gasteiger partial charge in [-0.25, -0.2) is 4.79 Å². The summed E-state index contributed by atoms with van der Waals surface area (Å²) in [6, 6.07) is 9.18. The number of amides is 1. The second-order valence-electron chi connectivity index (χ2n) is 5.56. The van der Waals surface area contributed by atoms with Gasteiger partial charge in [-0.2, -0.15) is 0 Å². The lowest BCUT2D eigenvalue weighted by molar-refractivity contribution is 0.0298. The molecule has 0 bridgehead atoms. The van der Waals surface area contributed by atoms with Crippen LogP contribution in [-0.4, -0.2) is 40.6 Å². The highest BCUT2D eigenvalue weighted by Gasteiger charge is 2.23. The summed E-state index contributed by atoms with van der Waals surface area (Å²) in [4.78, 5) is 13.6. The van der Waals surface area contributed by atoms with Gasteiger partial charge in [-0.3, -0.25) is 4.90 Å². The first-order chi connectivity index (χ1) is 9.87. The third-order valence-corrected chi connectivity index (χ3v) is 2.57. The Hall–Kier alpha value is -2.30. The molecule has 0 spiro atoms. The molecule has 0 aliphatic heterocycles. The molecule has 1 aromatic carbocycles. The second kappa shape index (κ2) is 7.47. The average Bonchev–Trinajstić information content (AvgIpc) is 2.42. The van der Waals surface area contributed by atoms with E-state index in [2.05, 4.69) is 11.7 Å². The number of hydrogen-bond donors (Lipinski definition) is 1. The van der Waals surface area contributed by atoms with E-state index in [9.17, 15) is 10.0 Å². The van der Waals surface area contributed by atoms with Gasteiger partial charge in [0, 0.05) is 12.1 Å². The molecular formula is C16H22N2O3. The summed E-state index contributed by atoms with van der Waals surface area (Å²) in [6.45, 7) is 9.48. The first-order valence-electron chi connectivity index (χ1n) is 6.72. The molecule has 0 aliphatic rings. The van der Waals surface area contributed by atoms with Crippen molar-refractivity contribution >= 4 is 11.8 Å². The van der Waals surface area contributed by atoms with E-state index < -0.39 is 11.7 Å². The standard InChI is InChI=1S/C16H22N2O3/c1-5-11-18(15(19)21-16(2,3)4)12-14(17-20)13-9-7-6-8-10-13/h5-10,20H,1,11-12H2,2-4H3/b17-14-. The minimum absolute atomic E-state index is 0.140. The first kappa shape index (κ1) is 16.8. The highest BCUT2D eigenvalue weighted by atomic mass is 16.6. The molecule has 0 unspecified atom stereocenters. The van der Waals surface area contributed by atoms with E-state index in [0.717, 1.165) is 5.56 Å². The van der Waals surface area contributed by atoms with Crippen LogP contribution >= 0.6 is 0 Å². The predicted molar refractivity (Wildman–Crippen MR) is 82.8 cm³/mol. The lowest BCUT2D eigenvalue weighted by Gasteiger charge is -2.26. The lowest BCUT2D eigenvalue weighted by Crippen LogP contribution is -2.40. The van der Waals surface area contributed by atoms with Crippen LogP contribution in [0.15, 0.2) is 48.1 Å². The molecule has 0 fully saturated rings. The molecule has 0 heterocycles. The van der Waals surface area contributed by atoms with Gasteiger partial charge >= 0.3 is 6.09 Å². The molecule has 5 heteroatoms. The van der Waals surface area contributed by atoms with Crippen LogP contribution in [0.25, 0.3) is 0 Å². The van der Waals surface area contributed by atoms with Crippen LogP contribution in [0.5, 0.6) is 0 Å². The maximum atomic E-state index is 12.2. The normalized spacial score (nSPS) is 11.9. The highest BCUT2D eigenvalue weighted by Crippen LogP contribution is 2.11. The largest absolute Gasteiger partial charge is 0.444 e. The summed E-state index contributed by atoms with van der Waals surface area (Å²) < 4.78 is 5.34. The molecule has 114 valence electrons. The smallest absolute Gasteiger partial charge is 0.410 e. The van der Waals surface area contributed by atoms with E-state index >= 15 is 0 Å². The van der Waals surface area contributed by atoms with Crippen LogP contribution in [-0.2, 0) is 4.74 Å². The number of oxime groups is 1. The van der Waals surface area contributed by atoms with Gasteiger partial charge < -0.3 is 9.94 Å². The van der Waals surface area contributed by atoms with Crippen LogP contribution in [0.2, 0.25) is 0 Å². The predicted octanol–water partition coefficient (Wildman–Crippen LogP) is 3.29. The topological polar surface area (TPSA) is 62.1 Å². The van der Waals surface area contributed by atoms with Crippen molar-refractivity contribution in [3.63, 3.8) is 0 Å². The van der Waals surface area contributed by atoms with Crippen LogP contribution in [0, 0.1) is 0 Å². The van der Waals surface area contributed by atoms with Crippen molar-refractivity contribution < 1.29 is 14.7 Å². The highest BCUT2D eigenvalue weighted by molar-refractivity contribution is 6.02. The zero-order chi connectivity index (χ0) is 15.9. The fraction of sp³-hybridized carbons (Fsp3) is 0.375. The number of hydrogen-bond acceptors (Lipinski definition) is 4. The van der Waals surface area contributed by atoms with Crippen LogP contribution in [0.4, 0.5) is 4.79 Å². The van der Waals surface area contributed by atoms with E-state index in [1.54, 1.807) is 26.8 Å². The van der Waals surface area contributed by atoms with Crippen molar-refractivity contribution in [3.05, 3.63) is 48.6 Å². The number of rotatable bonds is 5. The van der Waals surface area contributed by atoms with Crippen LogP contribution in [0.3, 0.4) is 0 Å². The Kier molecular flexibility index (Phi) is 5.96. The minimum Gasteiger partial charge on any atom is -0.444 e. The van der Waals surface area contributed by atoms with Crippen molar-refractivity contribution in [1.29, 1.82) is 0 Å². The Bertz CT molecular complexity index is 504. The summed E-state index contributed by atoms with van der Waals surface area (Å²) in [5.74, 6) is 0. The van der Waals surface area contributed by atoms with E-state index in [1.165, 1.54) is 4.90 Å². The van der Waals surface area contributed by atoms with Gasteiger partial charge in [0.25, 0.3) is 0 Å².